The normalized spacial score (nSPS) is 15.1. The maximum Gasteiger partial charge on any atom is 0.193 e. The predicted molar refractivity (Wildman–Crippen MR) is 139 cm³/mol. The largest absolute Gasteiger partial charge is 0.385 e. The van der Waals surface area contributed by atoms with Crippen molar-refractivity contribution in [3.63, 3.8) is 0 Å². The third-order valence-electron chi connectivity index (χ3n) is 5.67. The fourth-order valence-electron chi connectivity index (χ4n) is 4.01. The molecule has 0 aliphatic carbocycles. The third-order valence-corrected chi connectivity index (χ3v) is 5.67. The van der Waals surface area contributed by atoms with Gasteiger partial charge in [0, 0.05) is 52.9 Å². The first-order valence-corrected chi connectivity index (χ1v) is 11.0. The molecule has 1 heterocycles. The molecular weight excluding hydrogens is 501 g/mol. The highest BCUT2D eigenvalue weighted by molar-refractivity contribution is 14.0. The van der Waals surface area contributed by atoms with E-state index in [-0.39, 0.29) is 29.9 Å². The second kappa shape index (κ2) is 14.4. The highest BCUT2D eigenvalue weighted by Gasteiger charge is 2.23. The van der Waals surface area contributed by atoms with Crippen molar-refractivity contribution in [2.45, 2.75) is 31.3 Å². The van der Waals surface area contributed by atoms with Gasteiger partial charge in [0.25, 0.3) is 0 Å². The van der Waals surface area contributed by atoms with Gasteiger partial charge in [-0.05, 0) is 30.4 Å². The van der Waals surface area contributed by atoms with Crippen LogP contribution in [0.4, 0.5) is 0 Å². The summed E-state index contributed by atoms with van der Waals surface area (Å²) >= 11 is 0. The Kier molecular flexibility index (Phi) is 11.9. The molecule has 5 nitrogen and oxygen atoms in total. The molecule has 1 aliphatic heterocycles. The van der Waals surface area contributed by atoms with E-state index in [2.05, 4.69) is 75.9 Å². The molecule has 1 aliphatic rings. The number of halogens is 1. The number of nitrogens with zero attached hydrogens (tertiary/aromatic N) is 2. The fraction of sp³-hybridized carbons (Fsp3) is 0.480. The summed E-state index contributed by atoms with van der Waals surface area (Å²) in [7, 11) is 3.60. The Morgan fingerprint density at radius 2 is 1.58 bits per heavy atom. The number of ether oxygens (including phenoxy) is 2. The Morgan fingerprint density at radius 1 is 1.00 bits per heavy atom. The van der Waals surface area contributed by atoms with Gasteiger partial charge in [-0.25, -0.2) is 0 Å². The summed E-state index contributed by atoms with van der Waals surface area (Å²) in [4.78, 5) is 6.91. The van der Waals surface area contributed by atoms with Crippen LogP contribution in [0.2, 0.25) is 0 Å². The average molecular weight is 537 g/mol. The lowest BCUT2D eigenvalue weighted by atomic mass is 9.91. The molecule has 0 unspecified atom stereocenters. The molecule has 0 aromatic heterocycles. The molecular formula is C25H36IN3O2. The Morgan fingerprint density at radius 3 is 2.10 bits per heavy atom. The van der Waals surface area contributed by atoms with Crippen LogP contribution in [0.25, 0.3) is 0 Å². The van der Waals surface area contributed by atoms with Crippen molar-refractivity contribution in [3.8, 4) is 0 Å². The highest BCUT2D eigenvalue weighted by atomic mass is 127. The minimum Gasteiger partial charge on any atom is -0.385 e. The number of nitrogens with one attached hydrogen (secondary N) is 1. The van der Waals surface area contributed by atoms with Crippen molar-refractivity contribution in [1.29, 1.82) is 0 Å². The quantitative estimate of drug-likeness (QED) is 0.221. The SMILES string of the molecule is CN=C(NCC(c1ccccc1)c1ccccc1)N1CCC(OCCCOC)CC1.I. The van der Waals surface area contributed by atoms with Crippen molar-refractivity contribution in [3.05, 3.63) is 71.8 Å². The first-order valence-electron chi connectivity index (χ1n) is 11.0. The standard InChI is InChI=1S/C25H35N3O2.HI/c1-26-25(28-16-14-23(15-17-28)30-19-9-18-29-2)27-20-24(21-10-5-3-6-11-21)22-12-7-4-8-13-22;/h3-8,10-13,23-24H,9,14-20H2,1-2H3,(H,26,27);1H. The Balaban J connectivity index is 0.00000341. The minimum atomic E-state index is 0. The lowest BCUT2D eigenvalue weighted by Gasteiger charge is -2.34. The fourth-order valence-corrected chi connectivity index (χ4v) is 4.01. The predicted octanol–water partition coefficient (Wildman–Crippen LogP) is 4.53. The summed E-state index contributed by atoms with van der Waals surface area (Å²) in [6.45, 7) is 4.29. The molecule has 0 spiro atoms. The number of guanidine groups is 1. The van der Waals surface area contributed by atoms with E-state index in [9.17, 15) is 0 Å². The molecule has 1 fully saturated rings. The van der Waals surface area contributed by atoms with Gasteiger partial charge >= 0.3 is 0 Å². The van der Waals surface area contributed by atoms with Crippen molar-refractivity contribution < 1.29 is 9.47 Å². The van der Waals surface area contributed by atoms with Crippen LogP contribution in [-0.4, -0.2) is 64.0 Å². The highest BCUT2D eigenvalue weighted by Crippen LogP contribution is 2.24. The number of likely N-dealkylation sites (tertiary alicyclic amines) is 1. The number of rotatable bonds is 9. The van der Waals surface area contributed by atoms with Gasteiger partial charge in [-0.3, -0.25) is 4.99 Å². The maximum atomic E-state index is 5.99. The van der Waals surface area contributed by atoms with Crippen molar-refractivity contribution in [1.82, 2.24) is 10.2 Å². The number of hydrogen-bond acceptors (Lipinski definition) is 3. The maximum absolute atomic E-state index is 5.99. The van der Waals surface area contributed by atoms with E-state index in [1.807, 2.05) is 7.05 Å². The van der Waals surface area contributed by atoms with E-state index >= 15 is 0 Å². The van der Waals surface area contributed by atoms with Crippen molar-refractivity contribution in [2.24, 2.45) is 4.99 Å². The van der Waals surface area contributed by atoms with E-state index in [1.165, 1.54) is 11.1 Å². The van der Waals surface area contributed by atoms with Crippen LogP contribution in [0.5, 0.6) is 0 Å². The molecule has 6 heteroatoms. The summed E-state index contributed by atoms with van der Waals surface area (Å²) in [6.07, 6.45) is 3.38. The molecule has 0 amide bonds. The van der Waals surface area contributed by atoms with E-state index in [0.29, 0.717) is 6.10 Å². The molecule has 170 valence electrons. The van der Waals surface area contributed by atoms with Crippen LogP contribution in [0, 0.1) is 0 Å². The summed E-state index contributed by atoms with van der Waals surface area (Å²) in [5, 5.41) is 3.63. The molecule has 0 saturated carbocycles. The van der Waals surface area contributed by atoms with Gasteiger partial charge in [0.15, 0.2) is 5.96 Å². The number of benzene rings is 2. The molecule has 0 atom stereocenters. The van der Waals surface area contributed by atoms with E-state index in [4.69, 9.17) is 9.47 Å². The summed E-state index contributed by atoms with van der Waals surface area (Å²) in [5.41, 5.74) is 2.63. The van der Waals surface area contributed by atoms with Crippen LogP contribution >= 0.6 is 24.0 Å². The molecule has 0 radical (unpaired) electrons. The van der Waals surface area contributed by atoms with Crippen LogP contribution in [0.1, 0.15) is 36.3 Å². The summed E-state index contributed by atoms with van der Waals surface area (Å²) in [5.74, 6) is 1.26. The Labute approximate surface area is 204 Å². The second-order valence-corrected chi connectivity index (χ2v) is 7.71. The van der Waals surface area contributed by atoms with Crippen LogP contribution in [0.3, 0.4) is 0 Å². The molecule has 1 saturated heterocycles. The van der Waals surface area contributed by atoms with Crippen LogP contribution in [0.15, 0.2) is 65.7 Å². The first kappa shape index (κ1) is 25.6. The molecule has 1 N–H and O–H groups in total. The van der Waals surface area contributed by atoms with Gasteiger partial charge in [0.1, 0.15) is 0 Å². The molecule has 2 aromatic rings. The number of methoxy groups -OCH3 is 1. The molecule has 0 bridgehead atoms. The topological polar surface area (TPSA) is 46.1 Å². The van der Waals surface area contributed by atoms with Crippen LogP contribution in [-0.2, 0) is 9.47 Å². The zero-order valence-corrected chi connectivity index (χ0v) is 21.0. The Bertz CT molecular complexity index is 710. The monoisotopic (exact) mass is 537 g/mol. The van der Waals surface area contributed by atoms with E-state index in [0.717, 1.165) is 58.1 Å². The number of aliphatic imine (C=N–C) groups is 1. The van der Waals surface area contributed by atoms with E-state index in [1.54, 1.807) is 7.11 Å². The summed E-state index contributed by atoms with van der Waals surface area (Å²) < 4.78 is 11.1. The smallest absolute Gasteiger partial charge is 0.193 e. The first-order chi connectivity index (χ1) is 14.8. The number of hydrogen-bond donors (Lipinski definition) is 1. The second-order valence-electron chi connectivity index (χ2n) is 7.71. The Hall–Kier alpha value is -1.64. The molecule has 31 heavy (non-hydrogen) atoms. The lowest BCUT2D eigenvalue weighted by Crippen LogP contribution is -2.47. The van der Waals surface area contributed by atoms with Crippen molar-refractivity contribution >= 4 is 29.9 Å². The zero-order chi connectivity index (χ0) is 21.0. The lowest BCUT2D eigenvalue weighted by molar-refractivity contribution is 0.00991. The third kappa shape index (κ3) is 8.09. The average Bonchev–Trinajstić information content (AvgIpc) is 2.81. The van der Waals surface area contributed by atoms with Gasteiger partial charge in [-0.15, -0.1) is 24.0 Å². The van der Waals surface area contributed by atoms with Gasteiger partial charge in [0.05, 0.1) is 6.10 Å². The van der Waals surface area contributed by atoms with Gasteiger partial charge in [-0.1, -0.05) is 60.7 Å². The van der Waals surface area contributed by atoms with Crippen LogP contribution < -0.4 is 5.32 Å². The van der Waals surface area contributed by atoms with E-state index < -0.39 is 0 Å². The minimum absolute atomic E-state index is 0. The number of piperidine rings is 1. The molecule has 3 rings (SSSR count). The zero-order valence-electron chi connectivity index (χ0n) is 18.7. The van der Waals surface area contributed by atoms with Gasteiger partial charge in [0.2, 0.25) is 0 Å². The van der Waals surface area contributed by atoms with Crippen molar-refractivity contribution in [2.75, 3.05) is 47.0 Å². The van der Waals surface area contributed by atoms with Gasteiger partial charge < -0.3 is 19.7 Å². The van der Waals surface area contributed by atoms with Gasteiger partial charge in [-0.2, -0.15) is 0 Å². The molecule has 2 aromatic carbocycles. The summed E-state index contributed by atoms with van der Waals surface area (Å²) in [6, 6.07) is 21.4.